The van der Waals surface area contributed by atoms with Crippen molar-refractivity contribution in [1.29, 1.82) is 0 Å². The van der Waals surface area contributed by atoms with Crippen molar-refractivity contribution in [3.05, 3.63) is 30.1 Å². The first-order valence-electron chi connectivity index (χ1n) is 8.64. The highest BCUT2D eigenvalue weighted by molar-refractivity contribution is 5.77. The predicted octanol–water partition coefficient (Wildman–Crippen LogP) is 1.67. The van der Waals surface area contributed by atoms with Crippen molar-refractivity contribution in [3.8, 4) is 0 Å². The van der Waals surface area contributed by atoms with Crippen LogP contribution in [0, 0.1) is 5.41 Å². The molecule has 0 bridgehead atoms. The Morgan fingerprint density at radius 1 is 1.30 bits per heavy atom. The predicted molar refractivity (Wildman–Crippen MR) is 88.7 cm³/mol. The van der Waals surface area contributed by atoms with E-state index in [0.29, 0.717) is 13.0 Å². The Kier molecular flexibility index (Phi) is 4.97. The lowest BCUT2D eigenvalue weighted by atomic mass is 9.72. The number of aromatic nitrogens is 1. The van der Waals surface area contributed by atoms with Gasteiger partial charge < -0.3 is 10.0 Å². The third kappa shape index (κ3) is 4.09. The molecule has 2 aliphatic rings. The number of β-amino-alcohol motifs (C(OH)–C–C–N with tert-alkyl or cyclic N) is 1. The van der Waals surface area contributed by atoms with Crippen molar-refractivity contribution >= 4 is 5.91 Å². The number of aliphatic hydroxyl groups is 1. The second-order valence-corrected chi connectivity index (χ2v) is 7.22. The molecule has 1 aromatic heterocycles. The number of aliphatic hydroxyl groups excluding tert-OH is 1. The summed E-state index contributed by atoms with van der Waals surface area (Å²) >= 11 is 0. The molecule has 5 heteroatoms. The Balaban J connectivity index is 1.56. The molecule has 0 radical (unpaired) electrons. The van der Waals surface area contributed by atoms with E-state index in [1.165, 1.54) is 0 Å². The second-order valence-electron chi connectivity index (χ2n) is 7.22. The molecule has 1 spiro atoms. The van der Waals surface area contributed by atoms with Gasteiger partial charge in [0.2, 0.25) is 5.91 Å². The molecule has 2 saturated heterocycles. The summed E-state index contributed by atoms with van der Waals surface area (Å²) in [5.74, 6) is 0.201. The lowest BCUT2D eigenvalue weighted by Crippen LogP contribution is -2.52. The van der Waals surface area contributed by atoms with Crippen molar-refractivity contribution in [2.75, 3.05) is 26.2 Å². The van der Waals surface area contributed by atoms with Gasteiger partial charge in [0.15, 0.2) is 0 Å². The van der Waals surface area contributed by atoms with Crippen LogP contribution in [-0.2, 0) is 11.3 Å². The van der Waals surface area contributed by atoms with Crippen LogP contribution in [-0.4, -0.2) is 58.1 Å². The number of pyridine rings is 1. The maximum atomic E-state index is 12.1. The quantitative estimate of drug-likeness (QED) is 0.918. The summed E-state index contributed by atoms with van der Waals surface area (Å²) in [6.07, 6.45) is 5.29. The summed E-state index contributed by atoms with van der Waals surface area (Å²) < 4.78 is 0. The third-order valence-corrected chi connectivity index (χ3v) is 5.26. The van der Waals surface area contributed by atoms with Crippen molar-refractivity contribution in [3.63, 3.8) is 0 Å². The molecule has 126 valence electrons. The second kappa shape index (κ2) is 6.97. The van der Waals surface area contributed by atoms with Gasteiger partial charge in [0.05, 0.1) is 11.8 Å². The van der Waals surface area contributed by atoms with Crippen LogP contribution < -0.4 is 0 Å². The number of nitrogens with zero attached hydrogens (tertiary/aromatic N) is 3. The van der Waals surface area contributed by atoms with Crippen LogP contribution >= 0.6 is 0 Å². The highest BCUT2D eigenvalue weighted by Gasteiger charge is 2.41. The average molecular weight is 317 g/mol. The zero-order valence-corrected chi connectivity index (χ0v) is 13.9. The zero-order valence-electron chi connectivity index (χ0n) is 13.9. The average Bonchev–Trinajstić information content (AvgIpc) is 2.54. The van der Waals surface area contributed by atoms with E-state index in [9.17, 15) is 9.90 Å². The van der Waals surface area contributed by atoms with Gasteiger partial charge in [-0.25, -0.2) is 0 Å². The highest BCUT2D eigenvalue weighted by atomic mass is 16.3. The molecule has 0 aliphatic carbocycles. The van der Waals surface area contributed by atoms with Crippen LogP contribution in [0.4, 0.5) is 0 Å². The fourth-order valence-corrected chi connectivity index (χ4v) is 3.90. The van der Waals surface area contributed by atoms with Gasteiger partial charge in [-0.15, -0.1) is 0 Å². The Morgan fingerprint density at radius 3 is 2.74 bits per heavy atom. The normalized spacial score (nSPS) is 23.2. The van der Waals surface area contributed by atoms with Gasteiger partial charge in [0, 0.05) is 32.3 Å². The number of hydrogen-bond acceptors (Lipinski definition) is 4. The minimum atomic E-state index is -0.446. The molecule has 1 amide bonds. The molecule has 0 saturated carbocycles. The molecule has 0 aromatic carbocycles. The van der Waals surface area contributed by atoms with Crippen LogP contribution in [0.15, 0.2) is 24.4 Å². The molecule has 5 nitrogen and oxygen atoms in total. The van der Waals surface area contributed by atoms with Crippen molar-refractivity contribution in [1.82, 2.24) is 14.8 Å². The first kappa shape index (κ1) is 16.4. The Labute approximate surface area is 138 Å². The monoisotopic (exact) mass is 317 g/mol. The number of carbonyl (C=O) groups excluding carboxylic acids is 1. The number of rotatable bonds is 4. The topological polar surface area (TPSA) is 56.7 Å². The van der Waals surface area contributed by atoms with Crippen LogP contribution in [0.2, 0.25) is 0 Å². The first-order valence-corrected chi connectivity index (χ1v) is 8.64. The Hall–Kier alpha value is -1.46. The molecule has 0 unspecified atom stereocenters. The van der Waals surface area contributed by atoms with Gasteiger partial charge in [-0.3, -0.25) is 14.7 Å². The highest BCUT2D eigenvalue weighted by Crippen LogP contribution is 2.40. The molecule has 1 aromatic rings. The van der Waals surface area contributed by atoms with E-state index in [0.717, 1.165) is 51.1 Å². The number of amides is 1. The minimum absolute atomic E-state index is 0.201. The lowest BCUT2D eigenvalue weighted by molar-refractivity contribution is -0.140. The van der Waals surface area contributed by atoms with Gasteiger partial charge in [0.1, 0.15) is 0 Å². The number of likely N-dealkylation sites (tertiary alicyclic amines) is 2. The number of piperidine rings is 2. The molecular weight excluding hydrogens is 290 g/mol. The number of hydrogen-bond donors (Lipinski definition) is 1. The number of carbonyl (C=O) groups is 1. The van der Waals surface area contributed by atoms with E-state index >= 15 is 0 Å². The van der Waals surface area contributed by atoms with E-state index in [-0.39, 0.29) is 11.3 Å². The third-order valence-electron chi connectivity index (χ3n) is 5.26. The van der Waals surface area contributed by atoms with E-state index in [2.05, 4.69) is 16.0 Å². The summed E-state index contributed by atoms with van der Waals surface area (Å²) in [6.45, 7) is 6.07. The SMILES string of the molecule is C[C@H](O)CN1CC2(CCC1=O)CCN(Cc1ccccn1)CC2. The Morgan fingerprint density at radius 2 is 2.09 bits per heavy atom. The molecule has 23 heavy (non-hydrogen) atoms. The molecule has 3 rings (SSSR count). The van der Waals surface area contributed by atoms with Crippen LogP contribution in [0.5, 0.6) is 0 Å². The molecular formula is C18H27N3O2. The fourth-order valence-electron chi connectivity index (χ4n) is 3.90. The summed E-state index contributed by atoms with van der Waals surface area (Å²) in [5.41, 5.74) is 1.38. The van der Waals surface area contributed by atoms with Crippen molar-refractivity contribution < 1.29 is 9.90 Å². The van der Waals surface area contributed by atoms with E-state index in [1.54, 1.807) is 6.92 Å². The van der Waals surface area contributed by atoms with Crippen molar-refractivity contribution in [2.24, 2.45) is 5.41 Å². The Bertz CT molecular complexity index is 524. The van der Waals surface area contributed by atoms with Gasteiger partial charge in [-0.2, -0.15) is 0 Å². The van der Waals surface area contributed by atoms with Crippen LogP contribution in [0.1, 0.15) is 38.3 Å². The standard InChI is InChI=1S/C18H27N3O2/c1-15(22)12-21-14-18(6-5-17(21)23)7-10-20(11-8-18)13-16-4-2-3-9-19-16/h2-4,9,15,22H,5-8,10-14H2,1H3/t15-/m0/s1. The molecule has 2 fully saturated rings. The maximum Gasteiger partial charge on any atom is 0.222 e. The van der Waals surface area contributed by atoms with Crippen LogP contribution in [0.25, 0.3) is 0 Å². The van der Waals surface area contributed by atoms with Gasteiger partial charge in [-0.05, 0) is 56.8 Å². The minimum Gasteiger partial charge on any atom is -0.392 e. The van der Waals surface area contributed by atoms with Gasteiger partial charge >= 0.3 is 0 Å². The van der Waals surface area contributed by atoms with E-state index in [1.807, 2.05) is 23.2 Å². The zero-order chi connectivity index (χ0) is 16.3. The largest absolute Gasteiger partial charge is 0.392 e. The summed E-state index contributed by atoms with van der Waals surface area (Å²) in [6, 6.07) is 6.06. The van der Waals surface area contributed by atoms with E-state index < -0.39 is 6.10 Å². The smallest absolute Gasteiger partial charge is 0.222 e. The molecule has 2 aliphatic heterocycles. The molecule has 3 heterocycles. The van der Waals surface area contributed by atoms with Crippen LogP contribution in [0.3, 0.4) is 0 Å². The lowest BCUT2D eigenvalue weighted by Gasteiger charge is -2.47. The summed E-state index contributed by atoms with van der Waals surface area (Å²) in [4.78, 5) is 20.8. The van der Waals surface area contributed by atoms with E-state index in [4.69, 9.17) is 0 Å². The fraction of sp³-hybridized carbons (Fsp3) is 0.667. The van der Waals surface area contributed by atoms with Crippen molar-refractivity contribution in [2.45, 2.75) is 45.3 Å². The van der Waals surface area contributed by atoms with Gasteiger partial charge in [0.25, 0.3) is 0 Å². The summed E-state index contributed by atoms with van der Waals surface area (Å²) in [5, 5.41) is 9.61. The molecule has 1 atom stereocenters. The maximum absolute atomic E-state index is 12.1. The summed E-state index contributed by atoms with van der Waals surface area (Å²) in [7, 11) is 0. The van der Waals surface area contributed by atoms with Gasteiger partial charge in [-0.1, -0.05) is 6.07 Å². The first-order chi connectivity index (χ1) is 11.1. The molecule has 1 N–H and O–H groups in total.